The minimum Gasteiger partial charge on any atom is -0.392 e. The molecule has 0 aromatic rings. The largest absolute Gasteiger partial charge is 0.392 e. The third kappa shape index (κ3) is 1.99. The molecule has 4 N–H and O–H groups in total. The van der Waals surface area contributed by atoms with E-state index in [1.807, 2.05) is 0 Å². The predicted molar refractivity (Wildman–Crippen MR) is 114 cm³/mol. The number of fused-ring (bicyclic) bond motifs is 2. The molecule has 1 saturated heterocycles. The first-order valence-electron chi connectivity index (χ1n) is 12.3. The first kappa shape index (κ1) is 22.2. The molecular weight excluding hydrogens is 414 g/mol. The first-order valence-corrected chi connectivity index (χ1v) is 12.3. The molecule has 5 aliphatic carbocycles. The average molecular weight is 454 g/mol. The van der Waals surface area contributed by atoms with Crippen LogP contribution in [0.15, 0.2) is 0 Å². The minimum atomic E-state index is -1.63. The Morgan fingerprint density at radius 3 is 2.47 bits per heavy atom. The number of aliphatic hydroxyl groups is 4. The molecule has 8 nitrogen and oxygen atoms in total. The van der Waals surface area contributed by atoms with Crippen molar-refractivity contribution in [1.82, 2.24) is 4.90 Å². The van der Waals surface area contributed by atoms with E-state index in [2.05, 4.69) is 11.8 Å². The number of aliphatic hydroxyl groups excluding tert-OH is 2. The molecule has 0 radical (unpaired) electrons. The fraction of sp³-hybridized carbons (Fsp3) is 1.00. The van der Waals surface area contributed by atoms with Gasteiger partial charge in [0, 0.05) is 62.9 Å². The van der Waals surface area contributed by atoms with Crippen molar-refractivity contribution in [3.05, 3.63) is 0 Å². The fourth-order valence-electron chi connectivity index (χ4n) is 10.7. The van der Waals surface area contributed by atoms with Crippen LogP contribution in [0.3, 0.4) is 0 Å². The molecule has 0 aromatic carbocycles. The van der Waals surface area contributed by atoms with E-state index in [1.165, 1.54) is 0 Å². The summed E-state index contributed by atoms with van der Waals surface area (Å²) in [6.45, 7) is 4.05. The van der Waals surface area contributed by atoms with Crippen LogP contribution >= 0.6 is 0 Å². The second-order valence-corrected chi connectivity index (χ2v) is 11.7. The number of methoxy groups -OCH3 is 3. The maximum Gasteiger partial charge on any atom is 0.136 e. The Bertz CT molecular complexity index is 798. The molecule has 1 aliphatic heterocycles. The Kier molecular flexibility index (Phi) is 4.62. The van der Waals surface area contributed by atoms with Crippen LogP contribution in [0.1, 0.15) is 32.6 Å². The smallest absolute Gasteiger partial charge is 0.136 e. The summed E-state index contributed by atoms with van der Waals surface area (Å²) in [7, 11) is 4.95. The molecule has 6 rings (SSSR count). The molecular formula is C24H39NO7. The van der Waals surface area contributed by atoms with Crippen LogP contribution in [0.5, 0.6) is 0 Å². The van der Waals surface area contributed by atoms with Crippen molar-refractivity contribution in [3.8, 4) is 0 Å². The van der Waals surface area contributed by atoms with Crippen molar-refractivity contribution >= 4 is 0 Å². The zero-order valence-corrected chi connectivity index (χ0v) is 19.6. The Labute approximate surface area is 189 Å². The van der Waals surface area contributed by atoms with Crippen molar-refractivity contribution in [2.75, 3.05) is 41.0 Å². The van der Waals surface area contributed by atoms with Crippen LogP contribution in [0, 0.1) is 34.5 Å². The van der Waals surface area contributed by atoms with Gasteiger partial charge in [0.2, 0.25) is 0 Å². The summed E-state index contributed by atoms with van der Waals surface area (Å²) < 4.78 is 17.7. The lowest BCUT2D eigenvalue weighted by Gasteiger charge is -2.69. The molecule has 32 heavy (non-hydrogen) atoms. The fourth-order valence-corrected chi connectivity index (χ4v) is 10.7. The van der Waals surface area contributed by atoms with Crippen LogP contribution in [0.4, 0.5) is 0 Å². The van der Waals surface area contributed by atoms with Crippen LogP contribution in [0.2, 0.25) is 0 Å². The first-order chi connectivity index (χ1) is 15.2. The summed E-state index contributed by atoms with van der Waals surface area (Å²) in [5.41, 5.74) is -4.15. The van der Waals surface area contributed by atoms with Gasteiger partial charge in [0.1, 0.15) is 11.2 Å². The third-order valence-electron chi connectivity index (χ3n) is 11.2. The highest BCUT2D eigenvalue weighted by molar-refractivity contribution is 5.41. The molecule has 5 unspecified atom stereocenters. The van der Waals surface area contributed by atoms with E-state index >= 15 is 0 Å². The standard InChI is InChI=1S/C24H39NO7/c1-5-25-10-21(11-30-2)7-6-15(26)23-13-8-12-14(31-3)9-22(28,16(13)17(12)27)24(29,20(23)25)19(32-4)18(21)23/h12-20,26-29H,5-11H2,1-4H3/t12?,13-,14+,15?,16-,17?,18-,19+,20-,21+,22-,23?,24?/m1/s1. The SMILES string of the molecule is CCN1C[C@]2(COC)CCC(O)C34[C@@H]5CC6C(O)[C@@H]5[C@](O)(C[C@@H]6OC)C(O)([C@H]13)[C@@H](OC)[C@@H]42. The minimum absolute atomic E-state index is 0.102. The van der Waals surface area contributed by atoms with Gasteiger partial charge in [0.15, 0.2) is 0 Å². The Balaban J connectivity index is 1.67. The van der Waals surface area contributed by atoms with Gasteiger partial charge in [-0.25, -0.2) is 0 Å². The van der Waals surface area contributed by atoms with Gasteiger partial charge in [-0.1, -0.05) is 6.92 Å². The van der Waals surface area contributed by atoms with Gasteiger partial charge in [0.25, 0.3) is 0 Å². The lowest BCUT2D eigenvalue weighted by atomic mass is 9.42. The summed E-state index contributed by atoms with van der Waals surface area (Å²) in [4.78, 5) is 2.28. The average Bonchev–Trinajstić information content (AvgIpc) is 3.14. The Morgan fingerprint density at radius 1 is 1.09 bits per heavy atom. The normalized spacial score (nSPS) is 62.4. The Hall–Kier alpha value is -0.320. The third-order valence-corrected chi connectivity index (χ3v) is 11.2. The molecule has 6 aliphatic rings. The predicted octanol–water partition coefficient (Wildman–Crippen LogP) is -0.383. The number of hydrogen-bond donors (Lipinski definition) is 4. The molecule has 1 spiro atoms. The van der Waals surface area contributed by atoms with Gasteiger partial charge in [-0.3, -0.25) is 4.90 Å². The van der Waals surface area contributed by atoms with Crippen molar-refractivity contribution < 1.29 is 34.6 Å². The molecule has 8 heteroatoms. The van der Waals surface area contributed by atoms with E-state index in [9.17, 15) is 20.4 Å². The van der Waals surface area contributed by atoms with E-state index in [4.69, 9.17) is 14.2 Å². The zero-order chi connectivity index (χ0) is 22.8. The number of nitrogens with zero attached hydrogens (tertiary/aromatic N) is 1. The number of hydrogen-bond acceptors (Lipinski definition) is 8. The van der Waals surface area contributed by atoms with E-state index in [0.717, 1.165) is 13.0 Å². The van der Waals surface area contributed by atoms with Crippen LogP contribution in [-0.2, 0) is 14.2 Å². The Morgan fingerprint density at radius 2 is 1.84 bits per heavy atom. The highest BCUT2D eigenvalue weighted by Crippen LogP contribution is 2.80. The maximum absolute atomic E-state index is 12.8. The summed E-state index contributed by atoms with van der Waals surface area (Å²) in [6, 6.07) is -0.442. The summed E-state index contributed by atoms with van der Waals surface area (Å²) in [5, 5.41) is 48.5. The molecule has 6 fully saturated rings. The molecule has 7 bridgehead atoms. The number of likely N-dealkylation sites (tertiary alicyclic amines) is 1. The topological polar surface area (TPSA) is 112 Å². The van der Waals surface area contributed by atoms with Crippen molar-refractivity contribution in [2.24, 2.45) is 34.5 Å². The highest BCUT2D eigenvalue weighted by atomic mass is 16.5. The monoisotopic (exact) mass is 453 g/mol. The van der Waals surface area contributed by atoms with Gasteiger partial charge >= 0.3 is 0 Å². The van der Waals surface area contributed by atoms with Crippen molar-refractivity contribution in [2.45, 2.75) is 74.3 Å². The van der Waals surface area contributed by atoms with Crippen molar-refractivity contribution in [3.63, 3.8) is 0 Å². The van der Waals surface area contributed by atoms with Gasteiger partial charge in [-0.05, 0) is 31.7 Å². The van der Waals surface area contributed by atoms with Gasteiger partial charge in [-0.2, -0.15) is 0 Å². The van der Waals surface area contributed by atoms with E-state index in [-0.39, 0.29) is 35.7 Å². The highest BCUT2D eigenvalue weighted by Gasteiger charge is 2.91. The maximum atomic E-state index is 12.8. The van der Waals surface area contributed by atoms with E-state index < -0.39 is 46.9 Å². The van der Waals surface area contributed by atoms with Gasteiger partial charge < -0.3 is 34.6 Å². The molecule has 182 valence electrons. The summed E-state index contributed by atoms with van der Waals surface area (Å²) in [6.07, 6.45) is -0.0296. The van der Waals surface area contributed by atoms with Crippen LogP contribution < -0.4 is 0 Å². The van der Waals surface area contributed by atoms with E-state index in [1.54, 1.807) is 21.3 Å². The summed E-state index contributed by atoms with van der Waals surface area (Å²) >= 11 is 0. The van der Waals surface area contributed by atoms with Crippen LogP contribution in [0.25, 0.3) is 0 Å². The van der Waals surface area contributed by atoms with Crippen molar-refractivity contribution in [1.29, 1.82) is 0 Å². The molecule has 5 saturated carbocycles. The molecule has 0 amide bonds. The summed E-state index contributed by atoms with van der Waals surface area (Å²) in [5.74, 6) is -0.889. The second-order valence-electron chi connectivity index (χ2n) is 11.7. The molecule has 1 heterocycles. The lowest BCUT2D eigenvalue weighted by molar-refractivity contribution is -0.317. The zero-order valence-electron chi connectivity index (χ0n) is 19.6. The quantitative estimate of drug-likeness (QED) is 0.446. The lowest BCUT2D eigenvalue weighted by Crippen LogP contribution is -2.81. The molecule has 0 aromatic heterocycles. The van der Waals surface area contributed by atoms with Crippen LogP contribution in [-0.4, -0.2) is 108 Å². The molecule has 13 atom stereocenters. The van der Waals surface area contributed by atoms with Gasteiger partial charge in [-0.15, -0.1) is 0 Å². The van der Waals surface area contributed by atoms with Gasteiger partial charge in [0.05, 0.1) is 37.1 Å². The number of ether oxygens (including phenoxy) is 3. The number of rotatable bonds is 5. The number of likely N-dealkylation sites (N-methyl/N-ethyl adjacent to an activating group) is 1. The van der Waals surface area contributed by atoms with E-state index in [0.29, 0.717) is 26.0 Å². The number of piperidine rings is 1. The second kappa shape index (κ2) is 6.66.